The SMILES string of the molecule is CN(c1ccc(O)cc1)c1ccc(F)cc1F. The number of hydrogen-bond acceptors (Lipinski definition) is 2. The molecule has 0 heterocycles. The molecule has 0 radical (unpaired) electrons. The van der Waals surface area contributed by atoms with Gasteiger partial charge >= 0.3 is 0 Å². The Bertz CT molecular complexity index is 525. The van der Waals surface area contributed by atoms with Gasteiger partial charge in [-0.05, 0) is 36.4 Å². The Balaban J connectivity index is 2.36. The monoisotopic (exact) mass is 235 g/mol. The first kappa shape index (κ1) is 11.4. The summed E-state index contributed by atoms with van der Waals surface area (Å²) in [5.41, 5.74) is 0.977. The first-order valence-electron chi connectivity index (χ1n) is 5.06. The highest BCUT2D eigenvalue weighted by Crippen LogP contribution is 2.27. The second-order valence-corrected chi connectivity index (χ2v) is 3.67. The van der Waals surface area contributed by atoms with Gasteiger partial charge in [0.25, 0.3) is 0 Å². The van der Waals surface area contributed by atoms with Gasteiger partial charge in [-0.15, -0.1) is 0 Å². The molecule has 0 aromatic heterocycles. The van der Waals surface area contributed by atoms with E-state index in [2.05, 4.69) is 0 Å². The van der Waals surface area contributed by atoms with E-state index in [4.69, 9.17) is 5.11 Å². The van der Waals surface area contributed by atoms with Gasteiger partial charge in [-0.2, -0.15) is 0 Å². The van der Waals surface area contributed by atoms with E-state index < -0.39 is 11.6 Å². The Morgan fingerprint density at radius 1 is 1.00 bits per heavy atom. The molecule has 0 fully saturated rings. The highest BCUT2D eigenvalue weighted by atomic mass is 19.1. The number of hydrogen-bond donors (Lipinski definition) is 1. The number of phenolic OH excluding ortho intramolecular Hbond substituents is 1. The van der Waals surface area contributed by atoms with Gasteiger partial charge in [0.2, 0.25) is 0 Å². The number of rotatable bonds is 2. The van der Waals surface area contributed by atoms with Gasteiger partial charge in [-0.25, -0.2) is 8.78 Å². The van der Waals surface area contributed by atoms with Crippen LogP contribution >= 0.6 is 0 Å². The number of halogens is 2. The van der Waals surface area contributed by atoms with Gasteiger partial charge in [-0.1, -0.05) is 0 Å². The van der Waals surface area contributed by atoms with Crippen LogP contribution in [0.2, 0.25) is 0 Å². The quantitative estimate of drug-likeness (QED) is 0.861. The molecular weight excluding hydrogens is 224 g/mol. The van der Waals surface area contributed by atoms with Crippen molar-refractivity contribution >= 4 is 11.4 Å². The normalized spacial score (nSPS) is 10.3. The highest BCUT2D eigenvalue weighted by Gasteiger charge is 2.10. The summed E-state index contributed by atoms with van der Waals surface area (Å²) in [6, 6.07) is 9.73. The zero-order valence-corrected chi connectivity index (χ0v) is 9.19. The molecule has 17 heavy (non-hydrogen) atoms. The van der Waals surface area contributed by atoms with Gasteiger partial charge in [-0.3, -0.25) is 0 Å². The molecule has 4 heteroatoms. The third kappa shape index (κ3) is 2.36. The topological polar surface area (TPSA) is 23.5 Å². The number of nitrogens with zero attached hydrogens (tertiary/aromatic N) is 1. The molecular formula is C13H11F2NO. The van der Waals surface area contributed by atoms with E-state index in [1.165, 1.54) is 24.3 Å². The Kier molecular flexibility index (Phi) is 2.95. The third-order valence-corrected chi connectivity index (χ3v) is 2.51. The van der Waals surface area contributed by atoms with Gasteiger partial charge < -0.3 is 10.0 Å². The molecule has 0 amide bonds. The fraction of sp³-hybridized carbons (Fsp3) is 0.0769. The lowest BCUT2D eigenvalue weighted by atomic mass is 10.2. The van der Waals surface area contributed by atoms with Crippen molar-refractivity contribution in [1.29, 1.82) is 0 Å². The van der Waals surface area contributed by atoms with Crippen molar-refractivity contribution in [2.75, 3.05) is 11.9 Å². The minimum Gasteiger partial charge on any atom is -0.508 e. The van der Waals surface area contributed by atoms with E-state index in [9.17, 15) is 8.78 Å². The summed E-state index contributed by atoms with van der Waals surface area (Å²) in [6.07, 6.45) is 0. The molecule has 0 aliphatic rings. The predicted molar refractivity (Wildman–Crippen MR) is 62.5 cm³/mol. The number of anilines is 2. The van der Waals surface area contributed by atoms with Crippen LogP contribution in [-0.2, 0) is 0 Å². The van der Waals surface area contributed by atoms with Crippen LogP contribution < -0.4 is 4.90 Å². The summed E-state index contributed by atoms with van der Waals surface area (Å²) in [7, 11) is 1.67. The Hall–Kier alpha value is -2.10. The Morgan fingerprint density at radius 2 is 1.65 bits per heavy atom. The minimum absolute atomic E-state index is 0.140. The molecule has 2 aromatic carbocycles. The van der Waals surface area contributed by atoms with Crippen molar-refractivity contribution in [3.8, 4) is 5.75 Å². The lowest BCUT2D eigenvalue weighted by Gasteiger charge is -2.20. The molecule has 0 saturated heterocycles. The molecule has 0 atom stereocenters. The smallest absolute Gasteiger partial charge is 0.149 e. The molecule has 0 aliphatic heterocycles. The van der Waals surface area contributed by atoms with Gasteiger partial charge in [0.05, 0.1) is 5.69 Å². The summed E-state index contributed by atoms with van der Waals surface area (Å²) in [5.74, 6) is -1.09. The molecule has 88 valence electrons. The van der Waals surface area contributed by atoms with Crippen LogP contribution in [-0.4, -0.2) is 12.2 Å². The van der Waals surface area contributed by atoms with Crippen LogP contribution in [0.4, 0.5) is 20.2 Å². The van der Waals surface area contributed by atoms with E-state index in [0.29, 0.717) is 5.69 Å². The Labute approximate surface area is 97.7 Å². The molecule has 2 rings (SSSR count). The van der Waals surface area contributed by atoms with Crippen molar-refractivity contribution in [3.63, 3.8) is 0 Å². The van der Waals surface area contributed by atoms with Crippen molar-refractivity contribution in [1.82, 2.24) is 0 Å². The molecule has 2 nitrogen and oxygen atoms in total. The third-order valence-electron chi connectivity index (χ3n) is 2.51. The lowest BCUT2D eigenvalue weighted by Crippen LogP contribution is -2.11. The lowest BCUT2D eigenvalue weighted by molar-refractivity contribution is 0.475. The van der Waals surface area contributed by atoms with Crippen LogP contribution in [0.1, 0.15) is 0 Å². The number of phenols is 1. The largest absolute Gasteiger partial charge is 0.508 e. The van der Waals surface area contributed by atoms with Crippen LogP contribution in [0.25, 0.3) is 0 Å². The van der Waals surface area contributed by atoms with Crippen molar-refractivity contribution in [3.05, 3.63) is 54.1 Å². The molecule has 0 spiro atoms. The number of aromatic hydroxyl groups is 1. The average Bonchev–Trinajstić information content (AvgIpc) is 2.29. The summed E-state index contributed by atoms with van der Waals surface area (Å²) in [4.78, 5) is 1.58. The zero-order chi connectivity index (χ0) is 12.4. The van der Waals surface area contributed by atoms with Crippen molar-refractivity contribution in [2.45, 2.75) is 0 Å². The van der Waals surface area contributed by atoms with Gasteiger partial charge in [0.1, 0.15) is 17.4 Å². The Morgan fingerprint density at radius 3 is 2.24 bits per heavy atom. The standard InChI is InChI=1S/C13H11F2NO/c1-16(10-3-5-11(17)6-4-10)13-7-2-9(14)8-12(13)15/h2-8,17H,1H3. The summed E-state index contributed by atoms with van der Waals surface area (Å²) >= 11 is 0. The van der Waals surface area contributed by atoms with E-state index in [1.54, 1.807) is 24.1 Å². The fourth-order valence-corrected chi connectivity index (χ4v) is 1.57. The average molecular weight is 235 g/mol. The van der Waals surface area contributed by atoms with E-state index >= 15 is 0 Å². The summed E-state index contributed by atoms with van der Waals surface area (Å²) < 4.78 is 26.3. The van der Waals surface area contributed by atoms with E-state index in [0.717, 1.165) is 6.07 Å². The second kappa shape index (κ2) is 4.41. The first-order valence-corrected chi connectivity index (χ1v) is 5.06. The maximum atomic E-state index is 13.5. The van der Waals surface area contributed by atoms with Crippen LogP contribution in [0.5, 0.6) is 5.75 Å². The highest BCUT2D eigenvalue weighted by molar-refractivity contribution is 5.63. The fourth-order valence-electron chi connectivity index (χ4n) is 1.57. The molecule has 0 bridgehead atoms. The van der Waals surface area contributed by atoms with Crippen LogP contribution in [0, 0.1) is 11.6 Å². The van der Waals surface area contributed by atoms with Crippen molar-refractivity contribution in [2.24, 2.45) is 0 Å². The second-order valence-electron chi connectivity index (χ2n) is 3.67. The van der Waals surface area contributed by atoms with Crippen LogP contribution in [0.15, 0.2) is 42.5 Å². The zero-order valence-electron chi connectivity index (χ0n) is 9.19. The molecule has 0 saturated carbocycles. The summed E-state index contributed by atoms with van der Waals surface area (Å²) in [5, 5.41) is 9.16. The molecule has 2 aromatic rings. The van der Waals surface area contributed by atoms with E-state index in [1.807, 2.05) is 0 Å². The molecule has 1 N–H and O–H groups in total. The molecule has 0 unspecified atom stereocenters. The van der Waals surface area contributed by atoms with E-state index in [-0.39, 0.29) is 11.4 Å². The maximum Gasteiger partial charge on any atom is 0.149 e. The summed E-state index contributed by atoms with van der Waals surface area (Å²) in [6.45, 7) is 0. The first-order chi connectivity index (χ1) is 8.08. The number of benzene rings is 2. The van der Waals surface area contributed by atoms with Gasteiger partial charge in [0.15, 0.2) is 0 Å². The molecule has 0 aliphatic carbocycles. The minimum atomic E-state index is -0.624. The van der Waals surface area contributed by atoms with Crippen LogP contribution in [0.3, 0.4) is 0 Å². The van der Waals surface area contributed by atoms with Gasteiger partial charge in [0, 0.05) is 18.8 Å². The van der Waals surface area contributed by atoms with Crippen molar-refractivity contribution < 1.29 is 13.9 Å². The maximum absolute atomic E-state index is 13.5. The predicted octanol–water partition coefficient (Wildman–Crippen LogP) is 3.44.